The third-order valence-electron chi connectivity index (χ3n) is 2.07. The van der Waals surface area contributed by atoms with Gasteiger partial charge in [-0.25, -0.2) is 5.01 Å². The van der Waals surface area contributed by atoms with Gasteiger partial charge in [-0.2, -0.15) is 5.54 Å². The summed E-state index contributed by atoms with van der Waals surface area (Å²) in [5, 5.41) is 0.932. The minimum Gasteiger partial charge on any atom is -0.338 e. The summed E-state index contributed by atoms with van der Waals surface area (Å²) in [6.07, 6.45) is 0. The standard InChI is InChI=1S/C7H12FN3O4/c1-14-7(15-2)5(12)10-11(6(7)13)4-3-9-8/h9H,3-4H2,1-2H3,(H,10,12). The molecule has 1 aliphatic heterocycles. The number of amides is 2. The van der Waals surface area contributed by atoms with Crippen molar-refractivity contribution >= 4 is 11.8 Å². The number of hydrogen-bond donors (Lipinski definition) is 2. The highest BCUT2D eigenvalue weighted by Gasteiger charge is 2.56. The fourth-order valence-corrected chi connectivity index (χ4v) is 1.28. The Balaban J connectivity index is 2.78. The molecular weight excluding hydrogens is 209 g/mol. The van der Waals surface area contributed by atoms with E-state index in [-0.39, 0.29) is 13.1 Å². The van der Waals surface area contributed by atoms with Crippen LogP contribution >= 0.6 is 0 Å². The maximum atomic E-state index is 11.7. The van der Waals surface area contributed by atoms with E-state index in [4.69, 9.17) is 9.47 Å². The molecule has 86 valence electrons. The Kier molecular flexibility index (Phi) is 3.56. The predicted octanol–water partition coefficient (Wildman–Crippen LogP) is -1.68. The van der Waals surface area contributed by atoms with E-state index in [9.17, 15) is 14.1 Å². The second-order valence-corrected chi connectivity index (χ2v) is 2.81. The monoisotopic (exact) mass is 221 g/mol. The van der Waals surface area contributed by atoms with Crippen LogP contribution in [0, 0.1) is 0 Å². The maximum absolute atomic E-state index is 11.7. The van der Waals surface area contributed by atoms with E-state index >= 15 is 0 Å². The molecular formula is C7H12FN3O4. The van der Waals surface area contributed by atoms with Gasteiger partial charge in [0.1, 0.15) is 0 Å². The Morgan fingerprint density at radius 2 is 2.07 bits per heavy atom. The van der Waals surface area contributed by atoms with Crippen molar-refractivity contribution in [2.45, 2.75) is 5.79 Å². The average Bonchev–Trinajstić information content (AvgIpc) is 2.48. The summed E-state index contributed by atoms with van der Waals surface area (Å²) in [4.78, 5) is 23.1. The molecule has 0 spiro atoms. The summed E-state index contributed by atoms with van der Waals surface area (Å²) in [5.74, 6) is -3.37. The summed E-state index contributed by atoms with van der Waals surface area (Å²) < 4.78 is 21.2. The van der Waals surface area contributed by atoms with E-state index in [1.165, 1.54) is 19.8 Å². The zero-order chi connectivity index (χ0) is 11.5. The smallest absolute Gasteiger partial charge is 0.334 e. The lowest BCUT2D eigenvalue weighted by molar-refractivity contribution is -0.203. The van der Waals surface area contributed by atoms with E-state index in [1.807, 2.05) is 0 Å². The molecule has 2 N–H and O–H groups in total. The first-order valence-electron chi connectivity index (χ1n) is 4.19. The second-order valence-electron chi connectivity index (χ2n) is 2.81. The molecule has 1 saturated heterocycles. The summed E-state index contributed by atoms with van der Waals surface area (Å²) >= 11 is 0. The van der Waals surface area contributed by atoms with E-state index < -0.39 is 17.6 Å². The molecule has 0 saturated carbocycles. The summed E-state index contributed by atoms with van der Waals surface area (Å²) in [5.41, 5.74) is 3.59. The van der Waals surface area contributed by atoms with Crippen molar-refractivity contribution in [3.05, 3.63) is 0 Å². The van der Waals surface area contributed by atoms with E-state index in [0.717, 1.165) is 5.01 Å². The highest BCUT2D eigenvalue weighted by Crippen LogP contribution is 2.20. The molecule has 1 rings (SSSR count). The third kappa shape index (κ3) is 1.78. The Morgan fingerprint density at radius 3 is 2.47 bits per heavy atom. The number of rotatable bonds is 5. The first-order chi connectivity index (χ1) is 7.12. The normalized spacial score (nSPS) is 19.5. The van der Waals surface area contributed by atoms with Gasteiger partial charge in [0.15, 0.2) is 0 Å². The number of nitrogens with one attached hydrogen (secondary N) is 2. The van der Waals surface area contributed by atoms with Crippen molar-refractivity contribution < 1.29 is 23.5 Å². The molecule has 2 amide bonds. The molecule has 0 aliphatic carbocycles. The van der Waals surface area contributed by atoms with Gasteiger partial charge in [-0.05, 0) is 0 Å². The first kappa shape index (κ1) is 11.8. The highest BCUT2D eigenvalue weighted by atomic mass is 19.2. The van der Waals surface area contributed by atoms with Gasteiger partial charge < -0.3 is 9.47 Å². The Morgan fingerprint density at radius 1 is 1.47 bits per heavy atom. The fourth-order valence-electron chi connectivity index (χ4n) is 1.28. The van der Waals surface area contributed by atoms with Crippen LogP contribution in [0.3, 0.4) is 0 Å². The van der Waals surface area contributed by atoms with Crippen molar-refractivity contribution in [3.8, 4) is 0 Å². The molecule has 7 nitrogen and oxygen atoms in total. The number of carbonyl (C=O) groups excluding carboxylic acids is 2. The number of methoxy groups -OCH3 is 2. The molecule has 0 atom stereocenters. The number of hydrogen-bond acceptors (Lipinski definition) is 5. The minimum absolute atomic E-state index is 0.0183. The van der Waals surface area contributed by atoms with Crippen LogP contribution < -0.4 is 11.0 Å². The molecule has 0 aromatic rings. The Hall–Kier alpha value is -1.25. The summed E-state index contributed by atoms with van der Waals surface area (Å²) in [6.45, 7) is -0.120. The lowest BCUT2D eigenvalue weighted by Gasteiger charge is -2.20. The summed E-state index contributed by atoms with van der Waals surface area (Å²) in [6, 6.07) is 0. The molecule has 1 aliphatic rings. The van der Waals surface area contributed by atoms with Gasteiger partial charge in [0.05, 0.1) is 6.54 Å². The lowest BCUT2D eigenvalue weighted by Crippen LogP contribution is -2.47. The number of nitrogens with zero attached hydrogens (tertiary/aromatic N) is 1. The van der Waals surface area contributed by atoms with Gasteiger partial charge in [-0.3, -0.25) is 15.0 Å². The Bertz CT molecular complexity index is 269. The van der Waals surface area contributed by atoms with Crippen LogP contribution in [0.15, 0.2) is 0 Å². The van der Waals surface area contributed by atoms with Gasteiger partial charge in [-0.1, -0.05) is 0 Å². The van der Waals surface area contributed by atoms with Crippen LogP contribution in [0.1, 0.15) is 0 Å². The van der Waals surface area contributed by atoms with Crippen LogP contribution in [-0.4, -0.2) is 49.9 Å². The Labute approximate surface area is 85.4 Å². The lowest BCUT2D eigenvalue weighted by atomic mass is 10.2. The number of carbonyl (C=O) groups is 2. The molecule has 15 heavy (non-hydrogen) atoms. The van der Waals surface area contributed by atoms with Crippen LogP contribution in [0.25, 0.3) is 0 Å². The van der Waals surface area contributed by atoms with Crippen LogP contribution in [0.4, 0.5) is 4.48 Å². The highest BCUT2D eigenvalue weighted by molar-refractivity contribution is 6.11. The van der Waals surface area contributed by atoms with E-state index in [2.05, 4.69) is 5.43 Å². The first-order valence-corrected chi connectivity index (χ1v) is 4.19. The van der Waals surface area contributed by atoms with Crippen molar-refractivity contribution in [1.29, 1.82) is 0 Å². The SMILES string of the molecule is COC1(OC)C(=O)NN(CCNF)C1=O. The molecule has 0 bridgehead atoms. The van der Waals surface area contributed by atoms with Gasteiger partial charge in [0.2, 0.25) is 0 Å². The molecule has 0 radical (unpaired) electrons. The van der Waals surface area contributed by atoms with Crippen molar-refractivity contribution in [2.24, 2.45) is 0 Å². The minimum atomic E-state index is -1.95. The number of hydrazine groups is 1. The maximum Gasteiger partial charge on any atom is 0.334 e. The molecule has 8 heteroatoms. The average molecular weight is 221 g/mol. The van der Waals surface area contributed by atoms with E-state index in [1.54, 1.807) is 0 Å². The topological polar surface area (TPSA) is 79.9 Å². The zero-order valence-corrected chi connectivity index (χ0v) is 8.37. The largest absolute Gasteiger partial charge is 0.338 e. The third-order valence-corrected chi connectivity index (χ3v) is 2.07. The number of ether oxygens (including phenoxy) is 2. The predicted molar refractivity (Wildman–Crippen MR) is 45.7 cm³/mol. The van der Waals surface area contributed by atoms with Gasteiger partial charge in [0, 0.05) is 20.8 Å². The van der Waals surface area contributed by atoms with Crippen LogP contribution in [-0.2, 0) is 19.1 Å². The van der Waals surface area contributed by atoms with Crippen molar-refractivity contribution in [2.75, 3.05) is 27.3 Å². The fraction of sp³-hybridized carbons (Fsp3) is 0.714. The molecule has 0 aromatic heterocycles. The van der Waals surface area contributed by atoms with Gasteiger partial charge in [0.25, 0.3) is 0 Å². The zero-order valence-electron chi connectivity index (χ0n) is 8.37. The van der Waals surface area contributed by atoms with Gasteiger partial charge in [-0.15, -0.1) is 4.48 Å². The van der Waals surface area contributed by atoms with Crippen LogP contribution in [0.2, 0.25) is 0 Å². The van der Waals surface area contributed by atoms with E-state index in [0.29, 0.717) is 0 Å². The van der Waals surface area contributed by atoms with Crippen LogP contribution in [0.5, 0.6) is 0 Å². The number of halogens is 1. The molecule has 1 heterocycles. The van der Waals surface area contributed by atoms with Crippen molar-refractivity contribution in [3.63, 3.8) is 0 Å². The molecule has 0 aromatic carbocycles. The molecule has 0 unspecified atom stereocenters. The van der Waals surface area contributed by atoms with Gasteiger partial charge >= 0.3 is 17.6 Å². The molecule has 1 fully saturated rings. The van der Waals surface area contributed by atoms with Crippen molar-refractivity contribution in [1.82, 2.24) is 16.0 Å². The quantitative estimate of drug-likeness (QED) is 0.329. The second kappa shape index (κ2) is 4.51. The summed E-state index contributed by atoms with van der Waals surface area (Å²) in [7, 11) is 2.36.